The van der Waals surface area contributed by atoms with E-state index in [1.165, 1.54) is 0 Å². The molecule has 0 radical (unpaired) electrons. The van der Waals surface area contributed by atoms with E-state index in [0.29, 0.717) is 30.2 Å². The summed E-state index contributed by atoms with van der Waals surface area (Å²) in [5.74, 6) is 0.0519. The van der Waals surface area contributed by atoms with Crippen LogP contribution >= 0.6 is 0 Å². The van der Waals surface area contributed by atoms with Gasteiger partial charge in [-0.1, -0.05) is 33.6 Å². The number of anilines is 1. The Balaban J connectivity index is 2.69. The van der Waals surface area contributed by atoms with E-state index in [-0.39, 0.29) is 5.75 Å². The highest BCUT2D eigenvalue weighted by molar-refractivity contribution is 7.92. The quantitative estimate of drug-likeness (QED) is 0.471. The van der Waals surface area contributed by atoms with Gasteiger partial charge in [0, 0.05) is 18.3 Å². The first-order valence-corrected chi connectivity index (χ1v) is 11.7. The Hall–Kier alpha value is -1.80. The Labute approximate surface area is 169 Å². The molecule has 0 spiro atoms. The van der Waals surface area contributed by atoms with Gasteiger partial charge in [0.05, 0.1) is 12.9 Å². The topological polar surface area (TPSA) is 84.9 Å². The van der Waals surface area contributed by atoms with Crippen LogP contribution in [0.15, 0.2) is 18.2 Å². The Bertz CT molecular complexity index is 703. The molecule has 0 fully saturated rings. The largest absolute Gasteiger partial charge is 0.493 e. The highest BCUT2D eigenvalue weighted by atomic mass is 32.2. The maximum Gasteiger partial charge on any atom is 0.239 e. The Morgan fingerprint density at radius 3 is 2.43 bits per heavy atom. The molecule has 0 heterocycles. The number of benzene rings is 1. The molecule has 0 unspecified atom stereocenters. The summed E-state index contributed by atoms with van der Waals surface area (Å²) >= 11 is 0. The lowest BCUT2D eigenvalue weighted by Crippen LogP contribution is -2.28. The fourth-order valence-electron chi connectivity index (χ4n) is 2.73. The summed E-state index contributed by atoms with van der Waals surface area (Å²) in [6.07, 6.45) is 2.36. The number of carbonyl (C=O) groups excluding carboxylic acids is 1. The van der Waals surface area contributed by atoms with Gasteiger partial charge in [-0.25, -0.2) is 8.42 Å². The third-order valence-electron chi connectivity index (χ3n) is 4.42. The van der Waals surface area contributed by atoms with Crippen LogP contribution in [0, 0.1) is 0 Å². The lowest BCUT2D eigenvalue weighted by Gasteiger charge is -2.19. The molecule has 7 nitrogen and oxygen atoms in total. The van der Waals surface area contributed by atoms with E-state index in [2.05, 4.69) is 24.1 Å². The summed E-state index contributed by atoms with van der Waals surface area (Å²) in [5.41, 5.74) is 0.479. The molecule has 1 aromatic rings. The number of carbonyl (C=O) groups is 1. The van der Waals surface area contributed by atoms with Crippen LogP contribution in [0.25, 0.3) is 0 Å². The van der Waals surface area contributed by atoms with Crippen molar-refractivity contribution in [2.75, 3.05) is 50.2 Å². The SMILES string of the molecule is CCCCCS(=O)(=O)CC(=O)Nc1ccc(OC)c(OCCN(CC)CC)c1. The number of hydrogen-bond donors (Lipinski definition) is 1. The zero-order chi connectivity index (χ0) is 21.0. The lowest BCUT2D eigenvalue weighted by atomic mass is 10.2. The zero-order valence-corrected chi connectivity index (χ0v) is 18.3. The lowest BCUT2D eigenvalue weighted by molar-refractivity contribution is -0.113. The summed E-state index contributed by atoms with van der Waals surface area (Å²) in [6, 6.07) is 5.01. The van der Waals surface area contributed by atoms with Gasteiger partial charge in [0.2, 0.25) is 5.91 Å². The average molecular weight is 415 g/mol. The second-order valence-electron chi connectivity index (χ2n) is 6.59. The van der Waals surface area contributed by atoms with Crippen molar-refractivity contribution >= 4 is 21.4 Å². The maximum atomic E-state index is 12.1. The minimum Gasteiger partial charge on any atom is -0.493 e. The van der Waals surface area contributed by atoms with E-state index in [0.717, 1.165) is 32.5 Å². The van der Waals surface area contributed by atoms with Crippen LogP contribution in [0.1, 0.15) is 40.0 Å². The number of methoxy groups -OCH3 is 1. The molecular weight excluding hydrogens is 380 g/mol. The monoisotopic (exact) mass is 414 g/mol. The Morgan fingerprint density at radius 2 is 1.82 bits per heavy atom. The van der Waals surface area contributed by atoms with Gasteiger partial charge in [-0.05, 0) is 31.6 Å². The molecule has 0 aliphatic carbocycles. The second kappa shape index (κ2) is 12.6. The number of unbranched alkanes of at least 4 members (excludes halogenated alkanes) is 2. The standard InChI is InChI=1S/C20H34N2O5S/c1-5-8-9-14-28(24,25)16-20(23)21-17-10-11-18(26-4)19(15-17)27-13-12-22(6-2)7-3/h10-11,15H,5-9,12-14,16H2,1-4H3,(H,21,23). The number of ether oxygens (including phenoxy) is 2. The molecule has 160 valence electrons. The van der Waals surface area contributed by atoms with Crippen molar-refractivity contribution in [3.8, 4) is 11.5 Å². The van der Waals surface area contributed by atoms with E-state index in [4.69, 9.17) is 9.47 Å². The van der Waals surface area contributed by atoms with Gasteiger partial charge < -0.3 is 19.7 Å². The molecule has 0 atom stereocenters. The summed E-state index contributed by atoms with van der Waals surface area (Å²) in [5, 5.41) is 2.64. The van der Waals surface area contributed by atoms with Gasteiger partial charge in [0.15, 0.2) is 21.3 Å². The van der Waals surface area contributed by atoms with Crippen molar-refractivity contribution in [2.45, 2.75) is 40.0 Å². The minimum atomic E-state index is -3.40. The van der Waals surface area contributed by atoms with Gasteiger partial charge in [-0.3, -0.25) is 4.79 Å². The van der Waals surface area contributed by atoms with Crippen LogP contribution in [0.3, 0.4) is 0 Å². The van der Waals surface area contributed by atoms with Crippen LogP contribution in [0.4, 0.5) is 5.69 Å². The number of hydrogen-bond acceptors (Lipinski definition) is 6. The van der Waals surface area contributed by atoms with Crippen LogP contribution in [0.2, 0.25) is 0 Å². The van der Waals surface area contributed by atoms with Crippen LogP contribution in [-0.4, -0.2) is 64.1 Å². The zero-order valence-electron chi connectivity index (χ0n) is 17.5. The third kappa shape index (κ3) is 8.93. The summed E-state index contributed by atoms with van der Waals surface area (Å²) in [4.78, 5) is 14.4. The number of nitrogens with one attached hydrogen (secondary N) is 1. The molecule has 8 heteroatoms. The molecule has 0 aliphatic rings. The van der Waals surface area contributed by atoms with Crippen LogP contribution in [0.5, 0.6) is 11.5 Å². The number of nitrogens with zero attached hydrogens (tertiary/aromatic N) is 1. The fraction of sp³-hybridized carbons (Fsp3) is 0.650. The smallest absolute Gasteiger partial charge is 0.239 e. The molecule has 1 aromatic carbocycles. The predicted molar refractivity (Wildman–Crippen MR) is 113 cm³/mol. The first kappa shape index (κ1) is 24.2. The van der Waals surface area contributed by atoms with Crippen LogP contribution in [-0.2, 0) is 14.6 Å². The molecule has 1 amide bonds. The molecule has 1 rings (SSSR count). The average Bonchev–Trinajstić information content (AvgIpc) is 2.65. The Morgan fingerprint density at radius 1 is 1.11 bits per heavy atom. The normalized spacial score (nSPS) is 11.5. The van der Waals surface area contributed by atoms with Crippen molar-refractivity contribution < 1.29 is 22.7 Å². The van der Waals surface area contributed by atoms with Crippen molar-refractivity contribution in [2.24, 2.45) is 0 Å². The molecule has 0 aromatic heterocycles. The van der Waals surface area contributed by atoms with E-state index in [1.54, 1.807) is 25.3 Å². The van der Waals surface area contributed by atoms with Gasteiger partial charge in [0.1, 0.15) is 12.4 Å². The van der Waals surface area contributed by atoms with Gasteiger partial charge in [0.25, 0.3) is 0 Å². The first-order chi connectivity index (χ1) is 13.3. The van der Waals surface area contributed by atoms with E-state index in [9.17, 15) is 13.2 Å². The van der Waals surface area contributed by atoms with Crippen molar-refractivity contribution in [3.63, 3.8) is 0 Å². The van der Waals surface area contributed by atoms with Gasteiger partial charge >= 0.3 is 0 Å². The molecule has 1 N–H and O–H groups in total. The molecule has 28 heavy (non-hydrogen) atoms. The number of sulfone groups is 1. The fourth-order valence-corrected chi connectivity index (χ4v) is 3.99. The van der Waals surface area contributed by atoms with E-state index in [1.807, 2.05) is 6.92 Å². The molecule has 0 saturated carbocycles. The minimum absolute atomic E-state index is 0.0383. The van der Waals surface area contributed by atoms with Gasteiger partial charge in [-0.15, -0.1) is 0 Å². The van der Waals surface area contributed by atoms with Crippen LogP contribution < -0.4 is 14.8 Å². The summed E-state index contributed by atoms with van der Waals surface area (Å²) in [7, 11) is -1.85. The van der Waals surface area contributed by atoms with Crippen molar-refractivity contribution in [1.29, 1.82) is 0 Å². The molecule has 0 saturated heterocycles. The highest BCUT2D eigenvalue weighted by Gasteiger charge is 2.17. The predicted octanol–water partition coefficient (Wildman–Crippen LogP) is 2.96. The van der Waals surface area contributed by atoms with Crippen molar-refractivity contribution in [3.05, 3.63) is 18.2 Å². The third-order valence-corrected chi connectivity index (χ3v) is 6.03. The molecular formula is C20H34N2O5S. The maximum absolute atomic E-state index is 12.1. The highest BCUT2D eigenvalue weighted by Crippen LogP contribution is 2.30. The van der Waals surface area contributed by atoms with Gasteiger partial charge in [-0.2, -0.15) is 0 Å². The Kier molecular flexibility index (Phi) is 10.9. The number of likely N-dealkylation sites (N-methyl/N-ethyl adjacent to an activating group) is 1. The molecule has 0 aliphatic heterocycles. The number of amides is 1. The molecule has 0 bridgehead atoms. The first-order valence-electron chi connectivity index (χ1n) is 9.88. The second-order valence-corrected chi connectivity index (χ2v) is 8.77. The van der Waals surface area contributed by atoms with Crippen molar-refractivity contribution in [1.82, 2.24) is 4.90 Å². The van der Waals surface area contributed by atoms with E-state index >= 15 is 0 Å². The number of rotatable bonds is 14. The summed E-state index contributed by atoms with van der Waals surface area (Å²) in [6.45, 7) is 9.35. The van der Waals surface area contributed by atoms with E-state index < -0.39 is 21.5 Å². The summed E-state index contributed by atoms with van der Waals surface area (Å²) < 4.78 is 35.2.